The highest BCUT2D eigenvalue weighted by Gasteiger charge is 2.09. The third kappa shape index (κ3) is 4.28. The van der Waals surface area contributed by atoms with Crippen molar-refractivity contribution in [1.82, 2.24) is 9.88 Å². The molecule has 0 atom stereocenters. The number of hydrogen-bond donors (Lipinski definition) is 1. The second kappa shape index (κ2) is 6.20. The molecule has 0 aliphatic heterocycles. The number of aromatic nitrogens is 1. The highest BCUT2D eigenvalue weighted by atomic mass is 79.9. The van der Waals surface area contributed by atoms with Crippen LogP contribution in [0.25, 0.3) is 0 Å². The Kier molecular flexibility index (Phi) is 5.22. The summed E-state index contributed by atoms with van der Waals surface area (Å²) in [5, 5.41) is 0. The Hall–Kier alpha value is -0.450. The highest BCUT2D eigenvalue weighted by Crippen LogP contribution is 2.10. The Morgan fingerprint density at radius 1 is 1.47 bits per heavy atom. The third-order valence-electron chi connectivity index (χ3n) is 2.30. The van der Waals surface area contributed by atoms with E-state index in [2.05, 4.69) is 39.7 Å². The van der Waals surface area contributed by atoms with Crippen LogP contribution in [-0.2, 0) is 6.54 Å². The molecule has 3 nitrogen and oxygen atoms in total. The van der Waals surface area contributed by atoms with Crippen LogP contribution in [-0.4, -0.2) is 29.0 Å². The quantitative estimate of drug-likeness (QED) is 0.891. The van der Waals surface area contributed by atoms with Crippen LogP contribution in [0, 0.1) is 0 Å². The van der Waals surface area contributed by atoms with Gasteiger partial charge >= 0.3 is 0 Å². The van der Waals surface area contributed by atoms with E-state index in [4.69, 9.17) is 5.73 Å². The molecule has 2 N–H and O–H groups in total. The fraction of sp³-hybridized carbons (Fsp3) is 0.545. The molecule has 84 valence electrons. The van der Waals surface area contributed by atoms with Gasteiger partial charge in [0.2, 0.25) is 0 Å². The molecule has 0 unspecified atom stereocenters. The first-order chi connectivity index (χ1) is 7.13. The molecular weight excluding hydrogens is 254 g/mol. The summed E-state index contributed by atoms with van der Waals surface area (Å²) < 4.78 is 1.01. The lowest BCUT2D eigenvalue weighted by molar-refractivity contribution is 0.216. The van der Waals surface area contributed by atoms with E-state index in [1.54, 1.807) is 0 Å². The van der Waals surface area contributed by atoms with E-state index in [0.717, 1.165) is 23.3 Å². The van der Waals surface area contributed by atoms with Gasteiger partial charge in [-0.15, -0.1) is 0 Å². The number of rotatable bonds is 5. The van der Waals surface area contributed by atoms with Gasteiger partial charge in [-0.05, 0) is 41.9 Å². The van der Waals surface area contributed by atoms with Gasteiger partial charge < -0.3 is 5.73 Å². The Morgan fingerprint density at radius 2 is 2.20 bits per heavy atom. The minimum Gasteiger partial charge on any atom is -0.329 e. The van der Waals surface area contributed by atoms with E-state index in [1.165, 1.54) is 0 Å². The summed E-state index contributed by atoms with van der Waals surface area (Å²) in [5.41, 5.74) is 6.66. The van der Waals surface area contributed by atoms with E-state index < -0.39 is 0 Å². The standard InChI is InChI=1S/C11H18BrN3/c1-9(2)15(6-5-13)8-11-4-3-10(12)7-14-11/h3-4,7,9H,5-6,8,13H2,1-2H3. The Labute approximate surface area is 99.8 Å². The van der Waals surface area contributed by atoms with Gasteiger partial charge in [-0.25, -0.2) is 0 Å². The SMILES string of the molecule is CC(C)N(CCN)Cc1ccc(Br)cn1. The fourth-order valence-electron chi connectivity index (χ4n) is 1.39. The van der Waals surface area contributed by atoms with Crippen molar-refractivity contribution in [3.05, 3.63) is 28.5 Å². The van der Waals surface area contributed by atoms with E-state index in [1.807, 2.05) is 18.3 Å². The molecular formula is C11H18BrN3. The van der Waals surface area contributed by atoms with Gasteiger partial charge in [0.1, 0.15) is 0 Å². The zero-order valence-corrected chi connectivity index (χ0v) is 10.9. The number of pyridine rings is 1. The second-order valence-electron chi connectivity index (χ2n) is 3.82. The molecule has 1 aromatic rings. The maximum absolute atomic E-state index is 5.58. The molecule has 15 heavy (non-hydrogen) atoms. The topological polar surface area (TPSA) is 42.1 Å². The van der Waals surface area contributed by atoms with Crippen LogP contribution in [0.3, 0.4) is 0 Å². The van der Waals surface area contributed by atoms with Gasteiger partial charge in [0.05, 0.1) is 5.69 Å². The van der Waals surface area contributed by atoms with Crippen molar-refractivity contribution in [1.29, 1.82) is 0 Å². The van der Waals surface area contributed by atoms with Crippen LogP contribution in [0.5, 0.6) is 0 Å². The first-order valence-corrected chi connectivity index (χ1v) is 5.97. The molecule has 1 rings (SSSR count). The Balaban J connectivity index is 2.61. The van der Waals surface area contributed by atoms with Crippen molar-refractivity contribution in [2.45, 2.75) is 26.4 Å². The molecule has 0 saturated heterocycles. The van der Waals surface area contributed by atoms with Crippen LogP contribution in [0.15, 0.2) is 22.8 Å². The van der Waals surface area contributed by atoms with Crippen LogP contribution in [0.1, 0.15) is 19.5 Å². The lowest BCUT2D eigenvalue weighted by Gasteiger charge is -2.25. The normalized spacial score (nSPS) is 11.3. The molecule has 0 aliphatic rings. The van der Waals surface area contributed by atoms with Crippen LogP contribution in [0.4, 0.5) is 0 Å². The first kappa shape index (κ1) is 12.6. The van der Waals surface area contributed by atoms with Crippen molar-refractivity contribution in [2.24, 2.45) is 5.73 Å². The van der Waals surface area contributed by atoms with Crippen molar-refractivity contribution < 1.29 is 0 Å². The summed E-state index contributed by atoms with van der Waals surface area (Å²) in [5.74, 6) is 0. The molecule has 0 spiro atoms. The molecule has 1 aromatic heterocycles. The van der Waals surface area contributed by atoms with E-state index >= 15 is 0 Å². The summed E-state index contributed by atoms with van der Waals surface area (Å²) in [6.07, 6.45) is 1.83. The van der Waals surface area contributed by atoms with Crippen molar-refractivity contribution in [3.8, 4) is 0 Å². The van der Waals surface area contributed by atoms with Crippen LogP contribution in [0.2, 0.25) is 0 Å². The average molecular weight is 272 g/mol. The average Bonchev–Trinajstić information content (AvgIpc) is 2.20. The van der Waals surface area contributed by atoms with Crippen LogP contribution < -0.4 is 5.73 Å². The summed E-state index contributed by atoms with van der Waals surface area (Å²) in [6, 6.07) is 4.55. The zero-order valence-electron chi connectivity index (χ0n) is 9.28. The molecule has 0 aromatic carbocycles. The molecule has 0 fully saturated rings. The monoisotopic (exact) mass is 271 g/mol. The highest BCUT2D eigenvalue weighted by molar-refractivity contribution is 9.10. The fourth-order valence-corrected chi connectivity index (χ4v) is 1.63. The van der Waals surface area contributed by atoms with Crippen molar-refractivity contribution in [3.63, 3.8) is 0 Å². The summed E-state index contributed by atoms with van der Waals surface area (Å²) in [4.78, 5) is 6.67. The Morgan fingerprint density at radius 3 is 2.67 bits per heavy atom. The third-order valence-corrected chi connectivity index (χ3v) is 2.77. The molecule has 1 heterocycles. The van der Waals surface area contributed by atoms with E-state index in [0.29, 0.717) is 12.6 Å². The first-order valence-electron chi connectivity index (χ1n) is 5.18. The number of nitrogens with zero attached hydrogens (tertiary/aromatic N) is 2. The van der Waals surface area contributed by atoms with Crippen molar-refractivity contribution >= 4 is 15.9 Å². The van der Waals surface area contributed by atoms with Crippen molar-refractivity contribution in [2.75, 3.05) is 13.1 Å². The number of hydrogen-bond acceptors (Lipinski definition) is 3. The smallest absolute Gasteiger partial charge is 0.0544 e. The summed E-state index contributed by atoms with van der Waals surface area (Å²) in [7, 11) is 0. The van der Waals surface area contributed by atoms with Gasteiger partial charge in [-0.2, -0.15) is 0 Å². The minimum atomic E-state index is 0.499. The van der Waals surface area contributed by atoms with E-state index in [-0.39, 0.29) is 0 Å². The molecule has 4 heteroatoms. The zero-order chi connectivity index (χ0) is 11.3. The molecule has 0 amide bonds. The number of halogens is 1. The minimum absolute atomic E-state index is 0.499. The second-order valence-corrected chi connectivity index (χ2v) is 4.74. The predicted molar refractivity (Wildman–Crippen MR) is 66.5 cm³/mol. The maximum Gasteiger partial charge on any atom is 0.0544 e. The lowest BCUT2D eigenvalue weighted by atomic mass is 10.2. The Bertz CT molecular complexity index is 284. The maximum atomic E-state index is 5.58. The van der Waals surface area contributed by atoms with Gasteiger partial charge in [0.25, 0.3) is 0 Å². The van der Waals surface area contributed by atoms with E-state index in [9.17, 15) is 0 Å². The van der Waals surface area contributed by atoms with Gasteiger partial charge in [-0.1, -0.05) is 0 Å². The van der Waals surface area contributed by atoms with Gasteiger partial charge in [0, 0.05) is 36.3 Å². The summed E-state index contributed by atoms with van der Waals surface area (Å²) in [6.45, 7) is 6.81. The molecule has 0 bridgehead atoms. The molecule has 0 saturated carbocycles. The van der Waals surface area contributed by atoms with Crippen LogP contribution >= 0.6 is 15.9 Å². The predicted octanol–water partition coefficient (Wildman–Crippen LogP) is 2.01. The lowest BCUT2D eigenvalue weighted by Crippen LogP contribution is -2.35. The molecule has 0 aliphatic carbocycles. The summed E-state index contributed by atoms with van der Waals surface area (Å²) >= 11 is 3.38. The molecule has 0 radical (unpaired) electrons. The van der Waals surface area contributed by atoms with Gasteiger partial charge in [-0.3, -0.25) is 9.88 Å². The largest absolute Gasteiger partial charge is 0.329 e. The number of nitrogens with two attached hydrogens (primary N) is 1. The van der Waals surface area contributed by atoms with Gasteiger partial charge in [0.15, 0.2) is 0 Å².